The Bertz CT molecular complexity index is 1100. The van der Waals surface area contributed by atoms with Gasteiger partial charge in [-0.1, -0.05) is 0 Å². The Morgan fingerprint density at radius 1 is 1.09 bits per heavy atom. The number of carbonyl (C=O) groups is 5. The standard InChI is InChI=1S/C22H20FN3O6/c23-12-1-3-17-13(9-12)16(27)11-22(32-17)5-7-25(8-6-22)15-10-19(29)26(21(15)31)14-2-4-18(28)24-20(14)30/h1,3,9-10,14H,2,4-8,11H2,(H,24,28,30). The number of nitrogens with zero attached hydrogens (tertiary/aromatic N) is 2. The molecule has 0 bridgehead atoms. The third-order valence-electron chi connectivity index (χ3n) is 6.52. The minimum Gasteiger partial charge on any atom is -0.486 e. The van der Waals surface area contributed by atoms with Gasteiger partial charge in [-0.15, -0.1) is 0 Å². The van der Waals surface area contributed by atoms with E-state index in [1.807, 2.05) is 0 Å². The first-order chi connectivity index (χ1) is 15.3. The van der Waals surface area contributed by atoms with E-state index < -0.39 is 41.1 Å². The number of hydrogen-bond donors (Lipinski definition) is 1. The maximum absolute atomic E-state index is 13.5. The molecular formula is C22H20FN3O6. The molecule has 0 saturated carbocycles. The molecule has 32 heavy (non-hydrogen) atoms. The van der Waals surface area contributed by atoms with Crippen LogP contribution in [0.4, 0.5) is 4.39 Å². The van der Waals surface area contributed by atoms with Crippen molar-refractivity contribution in [2.45, 2.75) is 43.7 Å². The van der Waals surface area contributed by atoms with E-state index in [0.717, 1.165) is 4.90 Å². The van der Waals surface area contributed by atoms with Gasteiger partial charge >= 0.3 is 0 Å². The molecular weight excluding hydrogens is 421 g/mol. The first-order valence-electron chi connectivity index (χ1n) is 10.5. The Morgan fingerprint density at radius 2 is 1.84 bits per heavy atom. The molecule has 0 aliphatic carbocycles. The van der Waals surface area contributed by atoms with Gasteiger partial charge in [0.2, 0.25) is 11.8 Å². The summed E-state index contributed by atoms with van der Waals surface area (Å²) in [6.45, 7) is 0.746. The molecule has 4 heterocycles. The lowest BCUT2D eigenvalue weighted by Crippen LogP contribution is -2.55. The summed E-state index contributed by atoms with van der Waals surface area (Å²) in [6.07, 6.45) is 2.37. The highest BCUT2D eigenvalue weighted by Crippen LogP contribution is 2.40. The zero-order valence-corrected chi connectivity index (χ0v) is 17.1. The van der Waals surface area contributed by atoms with Crippen LogP contribution in [0.3, 0.4) is 0 Å². The number of halogens is 1. The Morgan fingerprint density at radius 3 is 2.56 bits per heavy atom. The molecule has 1 unspecified atom stereocenters. The summed E-state index contributed by atoms with van der Waals surface area (Å²) in [5.74, 6) is -2.56. The van der Waals surface area contributed by atoms with Crippen LogP contribution in [0, 0.1) is 5.82 Å². The fraction of sp³-hybridized carbons (Fsp3) is 0.409. The molecule has 2 fully saturated rings. The fourth-order valence-electron chi connectivity index (χ4n) is 4.82. The van der Waals surface area contributed by atoms with E-state index in [9.17, 15) is 28.4 Å². The van der Waals surface area contributed by atoms with Gasteiger partial charge in [0.15, 0.2) is 5.78 Å². The largest absolute Gasteiger partial charge is 0.486 e. The van der Waals surface area contributed by atoms with Crippen molar-refractivity contribution in [3.63, 3.8) is 0 Å². The highest BCUT2D eigenvalue weighted by Gasteiger charge is 2.47. The molecule has 1 atom stereocenters. The van der Waals surface area contributed by atoms with Gasteiger partial charge in [0.1, 0.15) is 28.9 Å². The van der Waals surface area contributed by atoms with E-state index in [2.05, 4.69) is 5.32 Å². The number of rotatable bonds is 2. The van der Waals surface area contributed by atoms with Crippen LogP contribution in [-0.4, -0.2) is 63.9 Å². The Hall–Kier alpha value is -3.56. The number of fused-ring (bicyclic) bond motifs is 1. The third-order valence-corrected chi connectivity index (χ3v) is 6.52. The average molecular weight is 441 g/mol. The molecule has 1 N–H and O–H groups in total. The molecule has 4 amide bonds. The van der Waals surface area contributed by atoms with Crippen LogP contribution in [0.1, 0.15) is 42.5 Å². The number of amides is 4. The van der Waals surface area contributed by atoms with Gasteiger partial charge in [0.25, 0.3) is 11.8 Å². The topological polar surface area (TPSA) is 113 Å². The monoisotopic (exact) mass is 441 g/mol. The van der Waals surface area contributed by atoms with Gasteiger partial charge in [0, 0.05) is 38.4 Å². The minimum absolute atomic E-state index is 0.0613. The molecule has 4 aliphatic rings. The van der Waals surface area contributed by atoms with E-state index in [-0.39, 0.29) is 36.3 Å². The summed E-state index contributed by atoms with van der Waals surface area (Å²) in [5, 5.41) is 2.16. The second-order valence-electron chi connectivity index (χ2n) is 8.52. The number of piperidine rings is 2. The minimum atomic E-state index is -1.01. The number of hydrogen-bond acceptors (Lipinski definition) is 7. The fourth-order valence-corrected chi connectivity index (χ4v) is 4.82. The summed E-state index contributed by atoms with van der Waals surface area (Å²) >= 11 is 0. The van der Waals surface area contributed by atoms with Crippen LogP contribution in [0.25, 0.3) is 0 Å². The number of nitrogens with one attached hydrogen (secondary N) is 1. The molecule has 5 rings (SSSR count). The van der Waals surface area contributed by atoms with Crippen LogP contribution in [0.5, 0.6) is 5.75 Å². The normalized spacial score (nSPS) is 25.0. The van der Waals surface area contributed by atoms with Crippen molar-refractivity contribution >= 4 is 29.4 Å². The molecule has 4 aliphatic heterocycles. The van der Waals surface area contributed by atoms with Gasteiger partial charge in [-0.05, 0) is 24.6 Å². The smallest absolute Gasteiger partial charge is 0.277 e. The van der Waals surface area contributed by atoms with Crippen molar-refractivity contribution in [2.24, 2.45) is 0 Å². The third kappa shape index (κ3) is 3.26. The Kier molecular flexibility index (Phi) is 4.61. The van der Waals surface area contributed by atoms with Crippen molar-refractivity contribution < 1.29 is 33.1 Å². The van der Waals surface area contributed by atoms with Crippen molar-refractivity contribution in [1.29, 1.82) is 0 Å². The van der Waals surface area contributed by atoms with Crippen molar-refractivity contribution in [2.75, 3.05) is 13.1 Å². The van der Waals surface area contributed by atoms with Gasteiger partial charge in [0.05, 0.1) is 12.0 Å². The molecule has 10 heteroatoms. The average Bonchev–Trinajstić information content (AvgIpc) is 3.04. The summed E-state index contributed by atoms with van der Waals surface area (Å²) in [5.41, 5.74) is -0.315. The lowest BCUT2D eigenvalue weighted by molar-refractivity contribution is -0.150. The predicted octanol–water partition coefficient (Wildman–Crippen LogP) is 0.683. The molecule has 0 aromatic heterocycles. The van der Waals surface area contributed by atoms with Crippen molar-refractivity contribution in [3.05, 3.63) is 41.4 Å². The number of benzene rings is 1. The Balaban J connectivity index is 1.28. The lowest BCUT2D eigenvalue weighted by atomic mass is 9.82. The van der Waals surface area contributed by atoms with Crippen LogP contribution < -0.4 is 10.1 Å². The van der Waals surface area contributed by atoms with E-state index in [1.54, 1.807) is 4.90 Å². The quantitative estimate of drug-likeness (QED) is 0.672. The highest BCUT2D eigenvalue weighted by atomic mass is 19.1. The molecule has 0 radical (unpaired) electrons. The molecule has 9 nitrogen and oxygen atoms in total. The van der Waals surface area contributed by atoms with Crippen LogP contribution in [-0.2, 0) is 19.2 Å². The van der Waals surface area contributed by atoms with Gasteiger partial charge in [-0.2, -0.15) is 0 Å². The van der Waals surface area contributed by atoms with Crippen molar-refractivity contribution in [3.8, 4) is 5.75 Å². The number of ketones is 1. The lowest BCUT2D eigenvalue weighted by Gasteiger charge is -2.44. The second kappa shape index (κ2) is 7.25. The van der Waals surface area contributed by atoms with Crippen molar-refractivity contribution in [1.82, 2.24) is 15.1 Å². The number of carbonyl (C=O) groups excluding carboxylic acids is 5. The maximum atomic E-state index is 13.5. The molecule has 1 aromatic carbocycles. The SMILES string of the molecule is O=C1CCC(N2C(=O)C=C(N3CCC4(CC3)CC(=O)c3cc(F)ccc3O4)C2=O)C(=O)N1. The van der Waals surface area contributed by atoms with Crippen LogP contribution in [0.15, 0.2) is 30.0 Å². The van der Waals surface area contributed by atoms with Gasteiger partial charge in [-0.3, -0.25) is 34.2 Å². The summed E-state index contributed by atoms with van der Waals surface area (Å²) < 4.78 is 19.6. The number of likely N-dealkylation sites (tertiary alicyclic amines) is 1. The van der Waals surface area contributed by atoms with Crippen LogP contribution in [0.2, 0.25) is 0 Å². The summed E-state index contributed by atoms with van der Waals surface area (Å²) in [7, 11) is 0. The van der Waals surface area contributed by atoms with E-state index in [0.29, 0.717) is 31.7 Å². The van der Waals surface area contributed by atoms with E-state index in [1.165, 1.54) is 24.3 Å². The molecule has 166 valence electrons. The van der Waals surface area contributed by atoms with Gasteiger partial charge < -0.3 is 9.64 Å². The van der Waals surface area contributed by atoms with E-state index in [4.69, 9.17) is 4.74 Å². The first-order valence-corrected chi connectivity index (χ1v) is 10.5. The summed E-state index contributed by atoms with van der Waals surface area (Å²) in [6, 6.07) is 2.87. The Labute approximate surface area is 182 Å². The highest BCUT2D eigenvalue weighted by molar-refractivity contribution is 6.18. The molecule has 1 spiro atoms. The zero-order chi connectivity index (χ0) is 22.6. The molecule has 2 saturated heterocycles. The van der Waals surface area contributed by atoms with E-state index >= 15 is 0 Å². The summed E-state index contributed by atoms with van der Waals surface area (Å²) in [4.78, 5) is 64.2. The first kappa shape index (κ1) is 20.3. The number of imide groups is 2. The van der Waals surface area contributed by atoms with Gasteiger partial charge in [-0.25, -0.2) is 4.39 Å². The zero-order valence-electron chi connectivity index (χ0n) is 17.1. The second-order valence-corrected chi connectivity index (χ2v) is 8.52. The van der Waals surface area contributed by atoms with Crippen LogP contribution >= 0.6 is 0 Å². The predicted molar refractivity (Wildman–Crippen MR) is 106 cm³/mol. The number of Topliss-reactive ketones (excluding diaryl/α,β-unsaturated/α-hetero) is 1. The number of ether oxygens (including phenoxy) is 1. The maximum Gasteiger partial charge on any atom is 0.277 e. The molecule has 1 aromatic rings.